The number of benzene rings is 2. The van der Waals surface area contributed by atoms with Gasteiger partial charge in [0.2, 0.25) is 11.8 Å². The molecule has 3 aliphatic rings. The Morgan fingerprint density at radius 1 is 0.969 bits per heavy atom. The predicted octanol–water partition coefficient (Wildman–Crippen LogP) is 1.84. The number of anilines is 1. The zero-order valence-electron chi connectivity index (χ0n) is 17.5. The number of piperidine rings is 1. The number of nitrogens with two attached hydrogens (primary N) is 1. The summed E-state index contributed by atoms with van der Waals surface area (Å²) in [6, 6.07) is 10.5. The number of fused-ring (bicyclic) bond motifs is 2. The van der Waals surface area contributed by atoms with Crippen molar-refractivity contribution in [1.82, 2.24) is 15.5 Å². The van der Waals surface area contributed by atoms with Crippen molar-refractivity contribution in [1.29, 1.82) is 0 Å². The minimum atomic E-state index is -0.951. The van der Waals surface area contributed by atoms with E-state index in [1.54, 1.807) is 12.1 Å². The van der Waals surface area contributed by atoms with Crippen LogP contribution >= 0.6 is 0 Å². The molecule has 1 fully saturated rings. The Morgan fingerprint density at radius 3 is 2.59 bits per heavy atom. The number of hydrogen-bond acceptors (Lipinski definition) is 6. The van der Waals surface area contributed by atoms with Crippen molar-refractivity contribution < 1.29 is 19.2 Å². The van der Waals surface area contributed by atoms with E-state index in [-0.39, 0.29) is 24.8 Å². The van der Waals surface area contributed by atoms with Crippen LogP contribution in [0.25, 0.3) is 0 Å². The van der Waals surface area contributed by atoms with Gasteiger partial charge in [0.15, 0.2) is 0 Å². The van der Waals surface area contributed by atoms with Crippen LogP contribution < -0.4 is 16.4 Å². The van der Waals surface area contributed by atoms with E-state index >= 15 is 0 Å². The Kier molecular flexibility index (Phi) is 5.01. The Balaban J connectivity index is 1.33. The molecule has 4 N–H and O–H groups in total. The van der Waals surface area contributed by atoms with Crippen LogP contribution in [-0.2, 0) is 22.6 Å². The van der Waals surface area contributed by atoms with Crippen LogP contribution in [0.3, 0.4) is 0 Å². The van der Waals surface area contributed by atoms with Gasteiger partial charge < -0.3 is 11.1 Å². The standard InChI is InChI=1S/C24H24N4O4/c25-15-5-7-16-14(11-15)2-1-3-19(16)26-12-13-4-6-17-18(10-13)24(32)28(23(17)31)20-8-9-21(29)27-22(20)30/h4-7,10-11,19-20,26H,1-3,8-9,12,25H2,(H,27,29,30). The van der Waals surface area contributed by atoms with Gasteiger partial charge in [-0.1, -0.05) is 12.1 Å². The minimum Gasteiger partial charge on any atom is -0.399 e. The lowest BCUT2D eigenvalue weighted by molar-refractivity contribution is -0.136. The van der Waals surface area contributed by atoms with Crippen LogP contribution in [-0.4, -0.2) is 34.6 Å². The summed E-state index contributed by atoms with van der Waals surface area (Å²) in [5, 5.41) is 5.78. The molecule has 2 aliphatic heterocycles. The van der Waals surface area contributed by atoms with Crippen molar-refractivity contribution in [2.75, 3.05) is 5.73 Å². The molecule has 5 rings (SSSR count). The van der Waals surface area contributed by atoms with E-state index in [2.05, 4.69) is 16.7 Å². The van der Waals surface area contributed by atoms with Gasteiger partial charge in [-0.05, 0) is 66.6 Å². The highest BCUT2D eigenvalue weighted by atomic mass is 16.2. The normalized spacial score (nSPS) is 22.6. The highest BCUT2D eigenvalue weighted by Gasteiger charge is 2.44. The van der Waals surface area contributed by atoms with Crippen LogP contribution in [0, 0.1) is 0 Å². The third kappa shape index (κ3) is 3.46. The first-order valence-corrected chi connectivity index (χ1v) is 10.9. The molecule has 1 saturated heterocycles. The molecule has 2 aromatic carbocycles. The van der Waals surface area contributed by atoms with E-state index in [1.165, 1.54) is 11.1 Å². The molecule has 0 saturated carbocycles. The van der Waals surface area contributed by atoms with Gasteiger partial charge >= 0.3 is 0 Å². The lowest BCUT2D eigenvalue weighted by atomic mass is 9.87. The second kappa shape index (κ2) is 7.87. The molecule has 2 atom stereocenters. The maximum Gasteiger partial charge on any atom is 0.262 e. The van der Waals surface area contributed by atoms with Crippen molar-refractivity contribution in [3.8, 4) is 0 Å². The molecule has 8 heteroatoms. The van der Waals surface area contributed by atoms with E-state index in [1.807, 2.05) is 18.2 Å². The fourth-order valence-corrected chi connectivity index (χ4v) is 4.92. The summed E-state index contributed by atoms with van der Waals surface area (Å²) in [6.45, 7) is 0.543. The van der Waals surface area contributed by atoms with Gasteiger partial charge in [0, 0.05) is 24.7 Å². The van der Waals surface area contributed by atoms with Gasteiger partial charge in [-0.3, -0.25) is 29.4 Å². The van der Waals surface area contributed by atoms with Gasteiger partial charge in [-0.25, -0.2) is 0 Å². The van der Waals surface area contributed by atoms with Gasteiger partial charge in [0.1, 0.15) is 6.04 Å². The summed E-state index contributed by atoms with van der Waals surface area (Å²) in [5.41, 5.74) is 10.7. The Hall–Kier alpha value is -3.52. The monoisotopic (exact) mass is 432 g/mol. The molecular weight excluding hydrogens is 408 g/mol. The second-order valence-electron chi connectivity index (χ2n) is 8.61. The Morgan fingerprint density at radius 2 is 1.78 bits per heavy atom. The van der Waals surface area contributed by atoms with E-state index in [4.69, 9.17) is 5.73 Å². The molecule has 0 bridgehead atoms. The quantitative estimate of drug-likeness (QED) is 0.501. The van der Waals surface area contributed by atoms with Gasteiger partial charge in [-0.2, -0.15) is 0 Å². The first kappa shape index (κ1) is 20.4. The minimum absolute atomic E-state index is 0.105. The van der Waals surface area contributed by atoms with Crippen molar-refractivity contribution >= 4 is 29.3 Å². The second-order valence-corrected chi connectivity index (χ2v) is 8.61. The van der Waals surface area contributed by atoms with E-state index in [9.17, 15) is 19.2 Å². The van der Waals surface area contributed by atoms with E-state index in [0.717, 1.165) is 35.4 Å². The van der Waals surface area contributed by atoms with Crippen molar-refractivity contribution in [2.24, 2.45) is 0 Å². The van der Waals surface area contributed by atoms with Gasteiger partial charge in [-0.15, -0.1) is 0 Å². The number of nitrogens with one attached hydrogen (secondary N) is 2. The molecule has 2 aromatic rings. The molecule has 164 valence electrons. The SMILES string of the molecule is Nc1ccc2c(c1)CCCC2NCc1ccc2c(c1)C(=O)N(C1CCC(=O)NC1=O)C2=O. The number of carbonyl (C=O) groups is 4. The molecule has 32 heavy (non-hydrogen) atoms. The topological polar surface area (TPSA) is 122 Å². The Bertz CT molecular complexity index is 1160. The number of nitrogens with zero attached hydrogens (tertiary/aromatic N) is 1. The molecule has 4 amide bonds. The molecule has 0 radical (unpaired) electrons. The first-order valence-electron chi connectivity index (χ1n) is 10.9. The van der Waals surface area contributed by atoms with E-state index in [0.29, 0.717) is 17.7 Å². The smallest absolute Gasteiger partial charge is 0.262 e. The third-order valence-corrected chi connectivity index (χ3v) is 6.54. The zero-order valence-corrected chi connectivity index (χ0v) is 17.5. The summed E-state index contributed by atoms with van der Waals surface area (Å²) in [4.78, 5) is 50.4. The first-order chi connectivity index (χ1) is 15.4. The van der Waals surface area contributed by atoms with Crippen LogP contribution in [0.1, 0.15) is 69.1 Å². The fourth-order valence-electron chi connectivity index (χ4n) is 4.92. The fraction of sp³-hybridized carbons (Fsp3) is 0.333. The van der Waals surface area contributed by atoms with Crippen LogP contribution in [0.5, 0.6) is 0 Å². The molecule has 2 heterocycles. The maximum atomic E-state index is 13.0. The number of nitrogen functional groups attached to an aromatic ring is 1. The van der Waals surface area contributed by atoms with Crippen LogP contribution in [0.2, 0.25) is 0 Å². The molecular formula is C24H24N4O4. The molecule has 2 unspecified atom stereocenters. The number of imide groups is 2. The highest BCUT2D eigenvalue weighted by molar-refractivity contribution is 6.23. The molecule has 0 spiro atoms. The maximum absolute atomic E-state index is 13.0. The third-order valence-electron chi connectivity index (χ3n) is 6.54. The highest BCUT2D eigenvalue weighted by Crippen LogP contribution is 2.32. The number of carbonyl (C=O) groups excluding carboxylic acids is 4. The molecule has 8 nitrogen and oxygen atoms in total. The number of rotatable bonds is 4. The summed E-state index contributed by atoms with van der Waals surface area (Å²) in [6.07, 6.45) is 3.36. The largest absolute Gasteiger partial charge is 0.399 e. The average Bonchev–Trinajstić information content (AvgIpc) is 3.02. The van der Waals surface area contributed by atoms with Crippen LogP contribution in [0.4, 0.5) is 5.69 Å². The lowest BCUT2D eigenvalue weighted by Crippen LogP contribution is -2.54. The van der Waals surface area contributed by atoms with Crippen molar-refractivity contribution in [3.63, 3.8) is 0 Å². The summed E-state index contributed by atoms with van der Waals surface area (Å²) in [5.74, 6) is -1.96. The van der Waals surface area contributed by atoms with Gasteiger partial charge in [0.25, 0.3) is 11.8 Å². The number of hydrogen-bond donors (Lipinski definition) is 3. The van der Waals surface area contributed by atoms with E-state index < -0.39 is 23.8 Å². The Labute approximate surface area is 185 Å². The van der Waals surface area contributed by atoms with Crippen molar-refractivity contribution in [3.05, 3.63) is 64.2 Å². The summed E-state index contributed by atoms with van der Waals surface area (Å²) < 4.78 is 0. The number of aryl methyl sites for hydroxylation is 1. The van der Waals surface area contributed by atoms with Gasteiger partial charge in [0.05, 0.1) is 11.1 Å². The average molecular weight is 432 g/mol. The van der Waals surface area contributed by atoms with Crippen LogP contribution in [0.15, 0.2) is 36.4 Å². The lowest BCUT2D eigenvalue weighted by Gasteiger charge is -2.27. The zero-order chi connectivity index (χ0) is 22.4. The van der Waals surface area contributed by atoms with Crippen molar-refractivity contribution in [2.45, 2.75) is 50.7 Å². The molecule has 0 aromatic heterocycles. The number of amides is 4. The summed E-state index contributed by atoms with van der Waals surface area (Å²) >= 11 is 0. The summed E-state index contributed by atoms with van der Waals surface area (Å²) in [7, 11) is 0. The predicted molar refractivity (Wildman–Crippen MR) is 116 cm³/mol. The molecule has 1 aliphatic carbocycles.